The van der Waals surface area contributed by atoms with E-state index in [1.54, 1.807) is 11.3 Å². The first kappa shape index (κ1) is 12.3. The van der Waals surface area contributed by atoms with Crippen LogP contribution >= 0.6 is 11.3 Å². The van der Waals surface area contributed by atoms with E-state index in [1.807, 2.05) is 6.20 Å². The second-order valence-corrected chi connectivity index (χ2v) is 4.86. The molecule has 0 saturated carbocycles. The zero-order valence-corrected chi connectivity index (χ0v) is 11.3. The van der Waals surface area contributed by atoms with Crippen LogP contribution in [-0.2, 0) is 0 Å². The summed E-state index contributed by atoms with van der Waals surface area (Å²) in [6.45, 7) is 8.70. The molecular formula is C13H19N3S. The molecule has 3 nitrogen and oxygen atoms in total. The molecule has 2 heterocycles. The van der Waals surface area contributed by atoms with Gasteiger partial charge in [0.2, 0.25) is 0 Å². The molecule has 2 aromatic rings. The van der Waals surface area contributed by atoms with Gasteiger partial charge in [0.15, 0.2) is 0 Å². The van der Waals surface area contributed by atoms with Crippen LogP contribution in [0, 0.1) is 0 Å². The maximum Gasteiger partial charge on any atom is 0.0830 e. The summed E-state index contributed by atoms with van der Waals surface area (Å²) in [4.78, 5) is 6.75. The molecule has 0 radical (unpaired) electrons. The van der Waals surface area contributed by atoms with E-state index in [4.69, 9.17) is 0 Å². The van der Waals surface area contributed by atoms with E-state index in [0.29, 0.717) is 0 Å². The number of aromatic nitrogens is 1. The second kappa shape index (κ2) is 5.98. The van der Waals surface area contributed by atoms with Gasteiger partial charge in [0.1, 0.15) is 0 Å². The number of thiophene rings is 1. The number of rotatable bonds is 6. The van der Waals surface area contributed by atoms with E-state index in [1.165, 1.54) is 10.4 Å². The first-order valence-corrected chi connectivity index (χ1v) is 7.01. The van der Waals surface area contributed by atoms with Crippen molar-refractivity contribution in [2.75, 3.05) is 31.5 Å². The normalized spacial score (nSPS) is 11.2. The molecule has 0 aliphatic carbocycles. The van der Waals surface area contributed by atoms with Gasteiger partial charge in [-0.25, -0.2) is 0 Å². The molecule has 0 fully saturated rings. The summed E-state index contributed by atoms with van der Waals surface area (Å²) in [5.41, 5.74) is 2.29. The molecule has 0 aromatic carbocycles. The molecule has 0 aliphatic rings. The molecule has 0 aliphatic heterocycles. The van der Waals surface area contributed by atoms with Crippen LogP contribution < -0.4 is 5.32 Å². The molecule has 0 amide bonds. The molecule has 0 saturated heterocycles. The Labute approximate surface area is 106 Å². The molecule has 0 spiro atoms. The van der Waals surface area contributed by atoms with Crippen LogP contribution in [0.15, 0.2) is 23.7 Å². The van der Waals surface area contributed by atoms with E-state index in [2.05, 4.69) is 46.6 Å². The van der Waals surface area contributed by atoms with Gasteiger partial charge in [-0.2, -0.15) is 0 Å². The first-order chi connectivity index (χ1) is 8.35. The number of likely N-dealkylation sites (N-methyl/N-ethyl adjacent to an activating group) is 1. The van der Waals surface area contributed by atoms with E-state index >= 15 is 0 Å². The minimum absolute atomic E-state index is 0.985. The van der Waals surface area contributed by atoms with Crippen molar-refractivity contribution >= 4 is 27.2 Å². The largest absolute Gasteiger partial charge is 0.383 e. The van der Waals surface area contributed by atoms with Crippen molar-refractivity contribution in [1.82, 2.24) is 9.88 Å². The summed E-state index contributed by atoms with van der Waals surface area (Å²) in [5, 5.41) is 5.59. The minimum atomic E-state index is 0.985. The van der Waals surface area contributed by atoms with Crippen LogP contribution in [-0.4, -0.2) is 36.1 Å². The molecule has 17 heavy (non-hydrogen) atoms. The molecule has 92 valence electrons. The third kappa shape index (κ3) is 2.96. The van der Waals surface area contributed by atoms with Gasteiger partial charge in [-0.1, -0.05) is 13.8 Å². The van der Waals surface area contributed by atoms with Crippen molar-refractivity contribution < 1.29 is 0 Å². The average Bonchev–Trinajstić information content (AvgIpc) is 2.83. The van der Waals surface area contributed by atoms with Gasteiger partial charge in [-0.15, -0.1) is 11.3 Å². The molecule has 4 heteroatoms. The van der Waals surface area contributed by atoms with Crippen LogP contribution in [0.4, 0.5) is 5.69 Å². The van der Waals surface area contributed by atoms with Crippen molar-refractivity contribution in [2.45, 2.75) is 13.8 Å². The summed E-state index contributed by atoms with van der Waals surface area (Å²) in [6, 6.07) is 4.12. The summed E-state index contributed by atoms with van der Waals surface area (Å²) in [5.74, 6) is 0. The van der Waals surface area contributed by atoms with Crippen LogP contribution in [0.1, 0.15) is 13.8 Å². The molecular weight excluding hydrogens is 230 g/mol. The Balaban J connectivity index is 1.97. The fourth-order valence-electron chi connectivity index (χ4n) is 1.90. The lowest BCUT2D eigenvalue weighted by Crippen LogP contribution is -2.28. The fourth-order valence-corrected chi connectivity index (χ4v) is 2.74. The van der Waals surface area contributed by atoms with Crippen LogP contribution in [0.3, 0.4) is 0 Å². The monoisotopic (exact) mass is 249 g/mol. The Bertz CT molecular complexity index is 462. The highest BCUT2D eigenvalue weighted by atomic mass is 32.1. The van der Waals surface area contributed by atoms with E-state index in [-0.39, 0.29) is 0 Å². The molecule has 2 rings (SSSR count). The number of nitrogens with zero attached hydrogens (tertiary/aromatic N) is 2. The van der Waals surface area contributed by atoms with E-state index in [0.717, 1.165) is 31.7 Å². The maximum atomic E-state index is 4.34. The molecule has 0 atom stereocenters. The summed E-state index contributed by atoms with van der Waals surface area (Å²) < 4.78 is 1.26. The van der Waals surface area contributed by atoms with Crippen LogP contribution in [0.5, 0.6) is 0 Å². The number of pyridine rings is 1. The van der Waals surface area contributed by atoms with Gasteiger partial charge >= 0.3 is 0 Å². The van der Waals surface area contributed by atoms with Gasteiger partial charge in [-0.05, 0) is 30.6 Å². The molecule has 1 N–H and O–H groups in total. The van der Waals surface area contributed by atoms with Crippen molar-refractivity contribution in [1.29, 1.82) is 0 Å². The predicted octanol–water partition coefficient (Wildman–Crippen LogP) is 3.05. The molecule has 0 unspecified atom stereocenters. The standard InChI is InChI=1S/C13H19N3S/c1-3-16(4-2)9-8-15-11-5-7-14-12-6-10-17-13(11)12/h5-7,10H,3-4,8-9H2,1-2H3,(H,14,15). The third-order valence-corrected chi connectivity index (χ3v) is 3.92. The second-order valence-electron chi connectivity index (χ2n) is 3.95. The lowest BCUT2D eigenvalue weighted by molar-refractivity contribution is 0.316. The Kier molecular flexibility index (Phi) is 4.34. The summed E-state index contributed by atoms with van der Waals surface area (Å²) in [6.07, 6.45) is 1.87. The third-order valence-electron chi connectivity index (χ3n) is 2.98. The van der Waals surface area contributed by atoms with Crippen molar-refractivity contribution in [3.05, 3.63) is 23.7 Å². The lowest BCUT2D eigenvalue weighted by Gasteiger charge is -2.18. The van der Waals surface area contributed by atoms with Gasteiger partial charge < -0.3 is 10.2 Å². The van der Waals surface area contributed by atoms with Crippen molar-refractivity contribution in [3.8, 4) is 0 Å². The quantitative estimate of drug-likeness (QED) is 0.853. The smallest absolute Gasteiger partial charge is 0.0830 e. The van der Waals surface area contributed by atoms with E-state index < -0.39 is 0 Å². The van der Waals surface area contributed by atoms with Crippen LogP contribution in [0.2, 0.25) is 0 Å². The number of fused-ring (bicyclic) bond motifs is 1. The zero-order valence-electron chi connectivity index (χ0n) is 10.4. The molecule has 0 bridgehead atoms. The van der Waals surface area contributed by atoms with Crippen LogP contribution in [0.25, 0.3) is 10.2 Å². The minimum Gasteiger partial charge on any atom is -0.383 e. The van der Waals surface area contributed by atoms with E-state index in [9.17, 15) is 0 Å². The SMILES string of the molecule is CCN(CC)CCNc1ccnc2ccsc12. The number of nitrogens with one attached hydrogen (secondary N) is 1. The highest BCUT2D eigenvalue weighted by Gasteiger charge is 2.03. The average molecular weight is 249 g/mol. The first-order valence-electron chi connectivity index (χ1n) is 6.13. The van der Waals surface area contributed by atoms with Gasteiger partial charge in [0, 0.05) is 19.3 Å². The Morgan fingerprint density at radius 2 is 2.12 bits per heavy atom. The number of anilines is 1. The summed E-state index contributed by atoms with van der Waals surface area (Å²) in [7, 11) is 0. The maximum absolute atomic E-state index is 4.34. The van der Waals surface area contributed by atoms with Gasteiger partial charge in [-0.3, -0.25) is 4.98 Å². The highest BCUT2D eigenvalue weighted by Crippen LogP contribution is 2.26. The number of hydrogen-bond donors (Lipinski definition) is 1. The number of hydrogen-bond acceptors (Lipinski definition) is 4. The summed E-state index contributed by atoms with van der Waals surface area (Å²) >= 11 is 1.75. The van der Waals surface area contributed by atoms with Gasteiger partial charge in [0.25, 0.3) is 0 Å². The Morgan fingerprint density at radius 3 is 2.88 bits per heavy atom. The van der Waals surface area contributed by atoms with Gasteiger partial charge in [0.05, 0.1) is 15.9 Å². The highest BCUT2D eigenvalue weighted by molar-refractivity contribution is 7.17. The topological polar surface area (TPSA) is 28.2 Å². The fraction of sp³-hybridized carbons (Fsp3) is 0.462. The Morgan fingerprint density at radius 1 is 1.29 bits per heavy atom. The molecule has 2 aromatic heterocycles. The Hall–Kier alpha value is -1.13. The van der Waals surface area contributed by atoms with Crippen molar-refractivity contribution in [2.24, 2.45) is 0 Å². The lowest BCUT2D eigenvalue weighted by atomic mass is 10.3. The van der Waals surface area contributed by atoms with Crippen molar-refractivity contribution in [3.63, 3.8) is 0 Å². The predicted molar refractivity (Wildman–Crippen MR) is 75.9 cm³/mol. The zero-order chi connectivity index (χ0) is 12.1.